The molecule has 0 aliphatic heterocycles. The Morgan fingerprint density at radius 1 is 1.00 bits per heavy atom. The summed E-state index contributed by atoms with van der Waals surface area (Å²) in [4.78, 5) is 0. The fraction of sp³-hybridized carbons (Fsp3) is 1.00. The molecule has 0 unspecified atom stereocenters. The van der Waals surface area contributed by atoms with Gasteiger partial charge in [0.1, 0.15) is 0 Å². The van der Waals surface area contributed by atoms with Crippen molar-refractivity contribution in [1.29, 1.82) is 0 Å². The Kier molecular flexibility index (Phi) is 6.20. The van der Waals surface area contributed by atoms with Crippen LogP contribution in [0.5, 0.6) is 0 Å². The van der Waals surface area contributed by atoms with Gasteiger partial charge in [0.2, 0.25) is 0 Å². The highest BCUT2D eigenvalue weighted by Crippen LogP contribution is 1.90. The van der Waals surface area contributed by atoms with Crippen LogP contribution in [0, 0.1) is 0 Å². The molecular formula is C2H8N2S2. The zero-order chi connectivity index (χ0) is 4.83. The van der Waals surface area contributed by atoms with E-state index in [0.717, 1.165) is 11.5 Å². The molecule has 2 nitrogen and oxygen atoms in total. The molecule has 0 bridgehead atoms. The minimum absolute atomic E-state index is 0.946. The first-order valence-corrected chi connectivity index (χ1v) is 3.65. The summed E-state index contributed by atoms with van der Waals surface area (Å²) >= 11 is 2.65. The van der Waals surface area contributed by atoms with E-state index in [-0.39, 0.29) is 0 Å². The van der Waals surface area contributed by atoms with Crippen LogP contribution in [0.25, 0.3) is 0 Å². The van der Waals surface area contributed by atoms with Crippen LogP contribution in [0.3, 0.4) is 0 Å². The lowest BCUT2D eigenvalue weighted by Gasteiger charge is -1.86. The van der Waals surface area contributed by atoms with Crippen molar-refractivity contribution in [2.75, 3.05) is 11.5 Å². The SMILES string of the molecule is NSCCSN. The maximum Gasteiger partial charge on any atom is 0.0180 e. The maximum absolute atomic E-state index is 5.06. The summed E-state index contributed by atoms with van der Waals surface area (Å²) in [5, 5.41) is 10.1. The first kappa shape index (κ1) is 6.62. The highest BCUT2D eigenvalue weighted by atomic mass is 32.2. The number of hydrogen-bond acceptors (Lipinski definition) is 4. The van der Waals surface area contributed by atoms with E-state index in [4.69, 9.17) is 10.3 Å². The molecule has 0 aromatic rings. The standard InChI is InChI=1S/C2H8N2S2/c3-5-1-2-6-4/h1-4H2. The number of nitrogens with two attached hydrogens (primary N) is 2. The highest BCUT2D eigenvalue weighted by Gasteiger charge is 1.76. The third kappa shape index (κ3) is 4.62. The van der Waals surface area contributed by atoms with Crippen LogP contribution < -0.4 is 10.3 Å². The topological polar surface area (TPSA) is 52.0 Å². The van der Waals surface area contributed by atoms with Crippen molar-refractivity contribution < 1.29 is 0 Å². The Balaban J connectivity index is 2.34. The minimum Gasteiger partial charge on any atom is -0.278 e. The summed E-state index contributed by atoms with van der Waals surface area (Å²) in [5.41, 5.74) is 0. The normalized spacial score (nSPS) is 9.00. The third-order valence-corrected chi connectivity index (χ3v) is 1.46. The van der Waals surface area contributed by atoms with Crippen molar-refractivity contribution in [3.63, 3.8) is 0 Å². The van der Waals surface area contributed by atoms with Crippen molar-refractivity contribution in [2.24, 2.45) is 10.3 Å². The van der Waals surface area contributed by atoms with Crippen LogP contribution in [0.2, 0.25) is 0 Å². The highest BCUT2D eigenvalue weighted by molar-refractivity contribution is 8.00. The summed E-state index contributed by atoms with van der Waals surface area (Å²) in [6.45, 7) is 0. The van der Waals surface area contributed by atoms with Crippen LogP contribution in [-0.2, 0) is 0 Å². The molecule has 0 saturated carbocycles. The lowest BCUT2D eigenvalue weighted by Crippen LogP contribution is -1.90. The van der Waals surface area contributed by atoms with Crippen molar-refractivity contribution in [3.05, 3.63) is 0 Å². The van der Waals surface area contributed by atoms with Gasteiger partial charge in [-0.3, -0.25) is 10.3 Å². The number of rotatable bonds is 3. The predicted molar refractivity (Wildman–Crippen MR) is 33.3 cm³/mol. The first-order valence-electron chi connectivity index (χ1n) is 1.55. The molecule has 0 saturated heterocycles. The van der Waals surface area contributed by atoms with Crippen LogP contribution in [0.15, 0.2) is 0 Å². The Bertz CT molecular complexity index is 21.5. The molecule has 0 rings (SSSR count). The molecular weight excluding hydrogens is 116 g/mol. The van der Waals surface area contributed by atoms with Crippen molar-refractivity contribution in [3.8, 4) is 0 Å². The monoisotopic (exact) mass is 124 g/mol. The van der Waals surface area contributed by atoms with E-state index < -0.39 is 0 Å². The molecule has 0 aromatic carbocycles. The Labute approximate surface area is 46.3 Å². The molecule has 38 valence electrons. The summed E-state index contributed by atoms with van der Waals surface area (Å²) in [6.07, 6.45) is 0. The van der Waals surface area contributed by atoms with Crippen molar-refractivity contribution in [1.82, 2.24) is 0 Å². The van der Waals surface area contributed by atoms with E-state index in [0.29, 0.717) is 0 Å². The fourth-order valence-electron chi connectivity index (χ4n) is 0.0962. The third-order valence-electron chi connectivity index (χ3n) is 0.319. The van der Waals surface area contributed by atoms with Gasteiger partial charge in [-0.25, -0.2) is 0 Å². The van der Waals surface area contributed by atoms with E-state index in [2.05, 4.69) is 0 Å². The zero-order valence-electron chi connectivity index (χ0n) is 3.39. The van der Waals surface area contributed by atoms with Gasteiger partial charge in [-0.05, 0) is 0 Å². The fourth-order valence-corrected chi connectivity index (χ4v) is 0.866. The molecule has 0 aromatic heterocycles. The lowest BCUT2D eigenvalue weighted by atomic mass is 11.0. The van der Waals surface area contributed by atoms with Gasteiger partial charge in [0.25, 0.3) is 0 Å². The van der Waals surface area contributed by atoms with Gasteiger partial charge in [0, 0.05) is 11.5 Å². The van der Waals surface area contributed by atoms with Crippen molar-refractivity contribution in [2.45, 2.75) is 0 Å². The molecule has 4 N–H and O–H groups in total. The van der Waals surface area contributed by atoms with Gasteiger partial charge < -0.3 is 0 Å². The van der Waals surface area contributed by atoms with Crippen LogP contribution >= 0.6 is 23.9 Å². The van der Waals surface area contributed by atoms with Gasteiger partial charge in [-0.15, -0.1) is 0 Å². The molecule has 0 aliphatic rings. The van der Waals surface area contributed by atoms with Gasteiger partial charge in [0.05, 0.1) is 0 Å². The van der Waals surface area contributed by atoms with Crippen LogP contribution in [0.4, 0.5) is 0 Å². The van der Waals surface area contributed by atoms with E-state index in [1.54, 1.807) is 0 Å². The van der Waals surface area contributed by atoms with Gasteiger partial charge in [0.15, 0.2) is 0 Å². The van der Waals surface area contributed by atoms with Gasteiger partial charge in [-0.2, -0.15) is 0 Å². The molecule has 4 heteroatoms. The zero-order valence-corrected chi connectivity index (χ0v) is 5.02. The largest absolute Gasteiger partial charge is 0.278 e. The molecule has 0 heterocycles. The average Bonchev–Trinajstić information content (AvgIpc) is 1.61. The van der Waals surface area contributed by atoms with E-state index in [1.807, 2.05) is 0 Å². The molecule has 0 radical (unpaired) electrons. The van der Waals surface area contributed by atoms with E-state index >= 15 is 0 Å². The second-order valence-electron chi connectivity index (χ2n) is 0.742. The number of hydrogen-bond donors (Lipinski definition) is 2. The summed E-state index contributed by atoms with van der Waals surface area (Å²) in [5.74, 6) is 1.89. The maximum atomic E-state index is 5.06. The minimum atomic E-state index is 0.946. The quantitative estimate of drug-likeness (QED) is 0.417. The van der Waals surface area contributed by atoms with E-state index in [9.17, 15) is 0 Å². The van der Waals surface area contributed by atoms with Crippen molar-refractivity contribution >= 4 is 23.9 Å². The predicted octanol–water partition coefficient (Wildman–Crippen LogP) is 0.200. The summed E-state index contributed by atoms with van der Waals surface area (Å²) in [6, 6.07) is 0. The molecule has 0 fully saturated rings. The summed E-state index contributed by atoms with van der Waals surface area (Å²) in [7, 11) is 0. The molecule has 0 spiro atoms. The van der Waals surface area contributed by atoms with Crippen LogP contribution in [-0.4, -0.2) is 11.5 Å². The molecule has 0 amide bonds. The summed E-state index contributed by atoms with van der Waals surface area (Å²) < 4.78 is 0. The smallest absolute Gasteiger partial charge is 0.0180 e. The molecule has 0 aliphatic carbocycles. The average molecular weight is 124 g/mol. The molecule has 0 atom stereocenters. The second-order valence-corrected chi connectivity index (χ2v) is 2.22. The van der Waals surface area contributed by atoms with Crippen LogP contribution in [0.1, 0.15) is 0 Å². The Morgan fingerprint density at radius 2 is 1.33 bits per heavy atom. The Morgan fingerprint density at radius 3 is 1.50 bits per heavy atom. The van der Waals surface area contributed by atoms with Gasteiger partial charge >= 0.3 is 0 Å². The Hall–Kier alpha value is 0.620. The molecule has 6 heavy (non-hydrogen) atoms. The van der Waals surface area contributed by atoms with Gasteiger partial charge in [-0.1, -0.05) is 23.9 Å². The van der Waals surface area contributed by atoms with E-state index in [1.165, 1.54) is 23.9 Å². The first-order chi connectivity index (χ1) is 2.91. The lowest BCUT2D eigenvalue weighted by molar-refractivity contribution is 1.54. The second kappa shape index (κ2) is 5.62.